The highest BCUT2D eigenvalue weighted by molar-refractivity contribution is 14.0. The zero-order valence-electron chi connectivity index (χ0n) is 20.5. The van der Waals surface area contributed by atoms with E-state index in [0.717, 1.165) is 58.4 Å². The van der Waals surface area contributed by atoms with E-state index in [1.807, 2.05) is 7.05 Å². The molecule has 2 aromatic rings. The molecule has 0 aliphatic carbocycles. The molecule has 1 fully saturated rings. The topological polar surface area (TPSA) is 52.1 Å². The van der Waals surface area contributed by atoms with Crippen molar-refractivity contribution in [2.45, 2.75) is 46.1 Å². The second-order valence-electron chi connectivity index (χ2n) is 8.71. The maximum absolute atomic E-state index is 5.48. The monoisotopic (exact) mass is 565 g/mol. The largest absolute Gasteiger partial charge is 0.379 e. The molecule has 1 aliphatic heterocycles. The molecule has 6 nitrogen and oxygen atoms in total. The smallest absolute Gasteiger partial charge is 0.191 e. The summed E-state index contributed by atoms with van der Waals surface area (Å²) in [5.74, 6) is 0.818. The van der Waals surface area contributed by atoms with Crippen LogP contribution in [0.2, 0.25) is 0 Å². The Hall–Kier alpha value is -1.68. The number of hydrogen-bond acceptors (Lipinski definition) is 4. The van der Waals surface area contributed by atoms with Gasteiger partial charge in [0.25, 0.3) is 0 Å². The molecule has 0 radical (unpaired) electrons. The molecule has 1 saturated heterocycles. The summed E-state index contributed by atoms with van der Waals surface area (Å²) >= 11 is 0. The number of morpholine rings is 1. The number of benzene rings is 2. The third-order valence-electron chi connectivity index (χ3n) is 6.15. The first-order chi connectivity index (χ1) is 15.6. The summed E-state index contributed by atoms with van der Waals surface area (Å²) in [5.41, 5.74) is 5.32. The highest BCUT2D eigenvalue weighted by Crippen LogP contribution is 2.14. The lowest BCUT2D eigenvalue weighted by atomic mass is 10.1. The van der Waals surface area contributed by atoms with Crippen molar-refractivity contribution in [1.29, 1.82) is 0 Å². The molecule has 3 rings (SSSR count). The summed E-state index contributed by atoms with van der Waals surface area (Å²) in [6.45, 7) is 11.5. The second kappa shape index (κ2) is 14.6. The van der Waals surface area contributed by atoms with E-state index in [0.29, 0.717) is 6.04 Å². The van der Waals surface area contributed by atoms with Crippen LogP contribution in [0.5, 0.6) is 0 Å². The van der Waals surface area contributed by atoms with Crippen molar-refractivity contribution < 1.29 is 4.74 Å². The van der Waals surface area contributed by atoms with E-state index >= 15 is 0 Å². The number of guanidine groups is 1. The predicted molar refractivity (Wildman–Crippen MR) is 148 cm³/mol. The Morgan fingerprint density at radius 2 is 1.45 bits per heavy atom. The number of nitrogens with zero attached hydrogens (tertiary/aromatic N) is 3. The van der Waals surface area contributed by atoms with Crippen molar-refractivity contribution in [2.24, 2.45) is 4.99 Å². The fourth-order valence-corrected chi connectivity index (χ4v) is 3.80. The van der Waals surface area contributed by atoms with Crippen LogP contribution in [0.3, 0.4) is 0 Å². The third kappa shape index (κ3) is 8.88. The van der Waals surface area contributed by atoms with E-state index in [4.69, 9.17) is 4.74 Å². The Balaban J connectivity index is 0.00000385. The highest BCUT2D eigenvalue weighted by atomic mass is 127. The first-order valence-corrected chi connectivity index (χ1v) is 11.6. The Bertz CT molecular complexity index is 867. The Morgan fingerprint density at radius 1 is 0.939 bits per heavy atom. The Kier molecular flexibility index (Phi) is 12.2. The lowest BCUT2D eigenvalue weighted by Gasteiger charge is -2.27. The minimum absolute atomic E-state index is 0. The number of ether oxygens (including phenoxy) is 1. The van der Waals surface area contributed by atoms with E-state index in [1.165, 1.54) is 22.3 Å². The molecular formula is C26H40IN5O. The van der Waals surface area contributed by atoms with Gasteiger partial charge in [0.15, 0.2) is 5.96 Å². The van der Waals surface area contributed by atoms with Gasteiger partial charge in [-0.2, -0.15) is 0 Å². The third-order valence-corrected chi connectivity index (χ3v) is 6.15. The molecule has 182 valence electrons. The molecule has 1 heterocycles. The van der Waals surface area contributed by atoms with E-state index in [9.17, 15) is 0 Å². The number of aliphatic imine (C=N–C) groups is 1. The van der Waals surface area contributed by atoms with Gasteiger partial charge < -0.3 is 15.4 Å². The Labute approximate surface area is 216 Å². The van der Waals surface area contributed by atoms with Crippen LogP contribution in [0.4, 0.5) is 0 Å². The van der Waals surface area contributed by atoms with Crippen LogP contribution in [0.15, 0.2) is 53.5 Å². The van der Waals surface area contributed by atoms with Crippen LogP contribution in [0.25, 0.3) is 0 Å². The molecule has 0 saturated carbocycles. The van der Waals surface area contributed by atoms with Gasteiger partial charge >= 0.3 is 0 Å². The van der Waals surface area contributed by atoms with Gasteiger partial charge in [0, 0.05) is 52.4 Å². The molecule has 0 atom stereocenters. The molecule has 33 heavy (non-hydrogen) atoms. The summed E-state index contributed by atoms with van der Waals surface area (Å²) in [5, 5.41) is 6.99. The Morgan fingerprint density at radius 3 is 2.00 bits per heavy atom. The maximum atomic E-state index is 5.48. The molecule has 0 bridgehead atoms. The number of rotatable bonds is 9. The van der Waals surface area contributed by atoms with E-state index in [1.54, 1.807) is 0 Å². The first-order valence-electron chi connectivity index (χ1n) is 11.6. The van der Waals surface area contributed by atoms with Crippen LogP contribution in [-0.4, -0.2) is 62.2 Å². The quantitative estimate of drug-likeness (QED) is 0.275. The van der Waals surface area contributed by atoms with Crippen molar-refractivity contribution in [1.82, 2.24) is 20.4 Å². The molecule has 1 aliphatic rings. The lowest BCUT2D eigenvalue weighted by molar-refractivity contribution is 0.0341. The average molecular weight is 566 g/mol. The van der Waals surface area contributed by atoms with Gasteiger partial charge in [0.2, 0.25) is 0 Å². The molecule has 0 spiro atoms. The molecule has 7 heteroatoms. The van der Waals surface area contributed by atoms with Gasteiger partial charge in [0.05, 0.1) is 13.2 Å². The van der Waals surface area contributed by atoms with Crippen LogP contribution >= 0.6 is 24.0 Å². The van der Waals surface area contributed by atoms with Crippen LogP contribution in [-0.2, 0) is 30.9 Å². The minimum Gasteiger partial charge on any atom is -0.379 e. The van der Waals surface area contributed by atoms with Crippen molar-refractivity contribution in [3.63, 3.8) is 0 Å². The standard InChI is InChI=1S/C26H39N5O.HI/c1-21(2)30(4)19-24-11-7-5-9-22(24)17-28-26(27-3)29-18-23-10-6-8-12-25(23)20-31-13-15-32-16-14-31;/h5-12,21H,13-20H2,1-4H3,(H2,27,28,29);1H. The zero-order chi connectivity index (χ0) is 22.8. The number of halogens is 1. The second-order valence-corrected chi connectivity index (χ2v) is 8.71. The van der Waals surface area contributed by atoms with Crippen molar-refractivity contribution in [3.05, 3.63) is 70.8 Å². The maximum Gasteiger partial charge on any atom is 0.191 e. The van der Waals surface area contributed by atoms with Gasteiger partial charge in [-0.05, 0) is 43.1 Å². The van der Waals surface area contributed by atoms with Gasteiger partial charge in [-0.1, -0.05) is 48.5 Å². The van der Waals surface area contributed by atoms with Gasteiger partial charge in [-0.15, -0.1) is 24.0 Å². The van der Waals surface area contributed by atoms with Crippen molar-refractivity contribution in [3.8, 4) is 0 Å². The molecule has 0 aromatic heterocycles. The lowest BCUT2D eigenvalue weighted by Crippen LogP contribution is -2.38. The minimum atomic E-state index is 0. The van der Waals surface area contributed by atoms with Gasteiger partial charge in [-0.25, -0.2) is 0 Å². The highest BCUT2D eigenvalue weighted by Gasteiger charge is 2.13. The van der Waals surface area contributed by atoms with E-state index in [2.05, 4.69) is 94.9 Å². The molecule has 2 aromatic carbocycles. The van der Waals surface area contributed by atoms with Gasteiger partial charge in [0.1, 0.15) is 0 Å². The summed E-state index contributed by atoms with van der Waals surface area (Å²) < 4.78 is 5.48. The van der Waals surface area contributed by atoms with Crippen molar-refractivity contribution in [2.75, 3.05) is 40.4 Å². The summed E-state index contributed by atoms with van der Waals surface area (Å²) in [6.07, 6.45) is 0. The SMILES string of the molecule is CN=C(NCc1ccccc1CN1CCOCC1)NCc1ccccc1CN(C)C(C)C.I. The van der Waals surface area contributed by atoms with Crippen LogP contribution in [0, 0.1) is 0 Å². The van der Waals surface area contributed by atoms with Crippen molar-refractivity contribution >= 4 is 29.9 Å². The summed E-state index contributed by atoms with van der Waals surface area (Å²) in [4.78, 5) is 9.26. The van der Waals surface area contributed by atoms with E-state index in [-0.39, 0.29) is 24.0 Å². The fraction of sp³-hybridized carbons (Fsp3) is 0.500. The molecular weight excluding hydrogens is 525 g/mol. The van der Waals surface area contributed by atoms with Crippen LogP contribution < -0.4 is 10.6 Å². The molecule has 2 N–H and O–H groups in total. The van der Waals surface area contributed by atoms with Crippen LogP contribution in [0.1, 0.15) is 36.1 Å². The van der Waals surface area contributed by atoms with E-state index < -0.39 is 0 Å². The zero-order valence-corrected chi connectivity index (χ0v) is 22.8. The average Bonchev–Trinajstić information content (AvgIpc) is 2.81. The normalized spacial score (nSPS) is 14.9. The molecule has 0 unspecified atom stereocenters. The van der Waals surface area contributed by atoms with Gasteiger partial charge in [-0.3, -0.25) is 14.8 Å². The summed E-state index contributed by atoms with van der Waals surface area (Å²) in [6, 6.07) is 17.8. The fourth-order valence-electron chi connectivity index (χ4n) is 3.80. The number of hydrogen-bond donors (Lipinski definition) is 2. The number of nitrogens with one attached hydrogen (secondary N) is 2. The summed E-state index contributed by atoms with van der Waals surface area (Å²) in [7, 11) is 4.00. The predicted octanol–water partition coefficient (Wildman–Crippen LogP) is 3.84. The molecule has 0 amide bonds. The first kappa shape index (κ1) is 27.6.